The van der Waals surface area contributed by atoms with Crippen molar-refractivity contribution in [2.75, 3.05) is 18.8 Å². The van der Waals surface area contributed by atoms with Crippen molar-refractivity contribution in [3.8, 4) is 11.8 Å². The number of piperidine rings is 1. The van der Waals surface area contributed by atoms with E-state index < -0.39 is 5.60 Å². The fraction of sp³-hybridized carbons (Fsp3) is 0.500. The second-order valence-electron chi connectivity index (χ2n) is 6.86. The number of halogens is 2. The number of nitrogen functional groups attached to an aromatic ring is 1. The first-order valence-electron chi connectivity index (χ1n) is 7.89. The van der Waals surface area contributed by atoms with E-state index in [0.29, 0.717) is 28.8 Å². The molecule has 4 nitrogen and oxygen atoms in total. The van der Waals surface area contributed by atoms with Crippen molar-refractivity contribution in [2.45, 2.75) is 39.2 Å². The van der Waals surface area contributed by atoms with Crippen molar-refractivity contribution in [3.05, 3.63) is 28.0 Å². The van der Waals surface area contributed by atoms with Gasteiger partial charge in [-0.05, 0) is 61.7 Å². The lowest BCUT2D eigenvalue weighted by Crippen LogP contribution is -2.41. The molecule has 0 spiro atoms. The normalized spacial score (nSPS) is 15.6. The highest BCUT2D eigenvalue weighted by molar-refractivity contribution is 9.10. The minimum absolute atomic E-state index is 0.162. The molecule has 0 aromatic heterocycles. The Morgan fingerprint density at radius 1 is 1.38 bits per heavy atom. The molecule has 1 aliphatic heterocycles. The van der Waals surface area contributed by atoms with Crippen molar-refractivity contribution < 1.29 is 13.9 Å². The van der Waals surface area contributed by atoms with Crippen LogP contribution < -0.4 is 5.73 Å². The van der Waals surface area contributed by atoms with Gasteiger partial charge in [0.15, 0.2) is 0 Å². The average molecular weight is 397 g/mol. The molecule has 6 heteroatoms. The van der Waals surface area contributed by atoms with Gasteiger partial charge in [0.1, 0.15) is 11.4 Å². The molecule has 1 aliphatic rings. The lowest BCUT2D eigenvalue weighted by molar-refractivity contribution is 0.0199. The molecule has 2 rings (SSSR count). The van der Waals surface area contributed by atoms with Gasteiger partial charge in [-0.15, -0.1) is 0 Å². The Morgan fingerprint density at radius 2 is 2.00 bits per heavy atom. The standard InChI is InChI=1S/C18H22BrFN2O2/c1-18(2,3)24-17(23)22-8-6-12(7-9-22)4-5-13-10-15(20)14(19)11-16(13)21/h10-12H,6-9,21H2,1-3H3. The van der Waals surface area contributed by atoms with E-state index in [0.717, 1.165) is 12.8 Å². The van der Waals surface area contributed by atoms with Gasteiger partial charge in [0, 0.05) is 24.7 Å². The van der Waals surface area contributed by atoms with Crippen LogP contribution in [0.3, 0.4) is 0 Å². The third kappa shape index (κ3) is 5.13. The lowest BCUT2D eigenvalue weighted by atomic mass is 9.97. The Kier molecular flexibility index (Phi) is 5.76. The highest BCUT2D eigenvalue weighted by Crippen LogP contribution is 2.23. The molecule has 1 aromatic carbocycles. The van der Waals surface area contributed by atoms with Crippen LogP contribution in [0.15, 0.2) is 16.6 Å². The molecule has 1 amide bonds. The van der Waals surface area contributed by atoms with E-state index in [-0.39, 0.29) is 17.8 Å². The van der Waals surface area contributed by atoms with Crippen molar-refractivity contribution >= 4 is 27.7 Å². The second kappa shape index (κ2) is 7.43. The molecule has 0 bridgehead atoms. The zero-order valence-electron chi connectivity index (χ0n) is 14.2. The van der Waals surface area contributed by atoms with E-state index in [2.05, 4.69) is 27.8 Å². The zero-order valence-corrected chi connectivity index (χ0v) is 15.7. The first-order valence-corrected chi connectivity index (χ1v) is 8.69. The third-order valence-electron chi connectivity index (χ3n) is 3.65. The summed E-state index contributed by atoms with van der Waals surface area (Å²) in [7, 11) is 0. The Hall–Kier alpha value is -1.74. The molecular formula is C18H22BrFN2O2. The van der Waals surface area contributed by atoms with E-state index in [1.165, 1.54) is 12.1 Å². The fourth-order valence-electron chi connectivity index (χ4n) is 2.38. The summed E-state index contributed by atoms with van der Waals surface area (Å²) >= 11 is 3.10. The molecule has 1 aromatic rings. The number of hydrogen-bond acceptors (Lipinski definition) is 3. The molecule has 1 heterocycles. The number of nitrogens with two attached hydrogens (primary N) is 1. The summed E-state index contributed by atoms with van der Waals surface area (Å²) in [5.41, 5.74) is 6.31. The van der Waals surface area contributed by atoms with E-state index in [1.54, 1.807) is 4.90 Å². The van der Waals surface area contributed by atoms with Crippen LogP contribution in [0.1, 0.15) is 39.2 Å². The predicted molar refractivity (Wildman–Crippen MR) is 95.9 cm³/mol. The topological polar surface area (TPSA) is 55.6 Å². The smallest absolute Gasteiger partial charge is 0.410 e. The summed E-state index contributed by atoms with van der Waals surface area (Å²) in [6.45, 7) is 6.78. The van der Waals surface area contributed by atoms with E-state index >= 15 is 0 Å². The van der Waals surface area contributed by atoms with Crippen LogP contribution in [0, 0.1) is 23.6 Å². The SMILES string of the molecule is CC(C)(C)OC(=O)N1CCC(C#Cc2cc(F)c(Br)cc2N)CC1. The number of likely N-dealkylation sites (tertiary alicyclic amines) is 1. The van der Waals surface area contributed by atoms with Crippen LogP contribution in [0.25, 0.3) is 0 Å². The molecule has 0 aliphatic carbocycles. The maximum atomic E-state index is 13.6. The number of hydrogen-bond donors (Lipinski definition) is 1. The minimum Gasteiger partial charge on any atom is -0.444 e. The quantitative estimate of drug-likeness (QED) is 0.528. The summed E-state index contributed by atoms with van der Waals surface area (Å²) in [5, 5.41) is 0. The number of carbonyl (C=O) groups excluding carboxylic acids is 1. The number of carbonyl (C=O) groups is 1. The fourth-order valence-corrected chi connectivity index (χ4v) is 2.74. The van der Waals surface area contributed by atoms with Crippen LogP contribution >= 0.6 is 15.9 Å². The minimum atomic E-state index is -0.489. The predicted octanol–water partition coefficient (Wildman–Crippen LogP) is 4.17. The van der Waals surface area contributed by atoms with Crippen LogP contribution in [-0.4, -0.2) is 29.7 Å². The van der Waals surface area contributed by atoms with Gasteiger partial charge in [-0.25, -0.2) is 9.18 Å². The Bertz CT molecular complexity index is 681. The highest BCUT2D eigenvalue weighted by Gasteiger charge is 2.26. The van der Waals surface area contributed by atoms with Crippen molar-refractivity contribution in [2.24, 2.45) is 5.92 Å². The lowest BCUT2D eigenvalue weighted by Gasteiger charge is -2.31. The number of anilines is 1. The maximum absolute atomic E-state index is 13.6. The molecule has 130 valence electrons. The molecule has 1 saturated heterocycles. The summed E-state index contributed by atoms with van der Waals surface area (Å²) in [4.78, 5) is 13.7. The Labute approximate surface area is 150 Å². The monoisotopic (exact) mass is 396 g/mol. The van der Waals surface area contributed by atoms with Gasteiger partial charge in [0.05, 0.1) is 10.0 Å². The summed E-state index contributed by atoms with van der Waals surface area (Å²) < 4.78 is 19.3. The van der Waals surface area contributed by atoms with Gasteiger partial charge in [-0.3, -0.25) is 0 Å². The van der Waals surface area contributed by atoms with Gasteiger partial charge >= 0.3 is 6.09 Å². The molecule has 1 fully saturated rings. The number of ether oxygens (including phenoxy) is 1. The van der Waals surface area contributed by atoms with Crippen molar-refractivity contribution in [1.29, 1.82) is 0 Å². The van der Waals surface area contributed by atoms with Crippen LogP contribution in [-0.2, 0) is 4.74 Å². The Morgan fingerprint density at radius 3 is 2.58 bits per heavy atom. The molecule has 24 heavy (non-hydrogen) atoms. The molecule has 2 N–H and O–H groups in total. The molecule has 0 atom stereocenters. The van der Waals surface area contributed by atoms with Crippen LogP contribution in [0.2, 0.25) is 0 Å². The highest BCUT2D eigenvalue weighted by atomic mass is 79.9. The van der Waals surface area contributed by atoms with Gasteiger partial charge in [-0.1, -0.05) is 11.8 Å². The largest absolute Gasteiger partial charge is 0.444 e. The van der Waals surface area contributed by atoms with Gasteiger partial charge < -0.3 is 15.4 Å². The number of amides is 1. The average Bonchev–Trinajstić information content (AvgIpc) is 2.48. The van der Waals surface area contributed by atoms with Crippen LogP contribution in [0.5, 0.6) is 0 Å². The van der Waals surface area contributed by atoms with E-state index in [9.17, 15) is 9.18 Å². The number of rotatable bonds is 0. The summed E-state index contributed by atoms with van der Waals surface area (Å²) in [6.07, 6.45) is 1.25. The molecule has 0 radical (unpaired) electrons. The number of benzene rings is 1. The van der Waals surface area contributed by atoms with E-state index in [4.69, 9.17) is 10.5 Å². The molecule has 0 saturated carbocycles. The summed E-state index contributed by atoms with van der Waals surface area (Å²) in [5.74, 6) is 5.89. The van der Waals surface area contributed by atoms with Gasteiger partial charge in [-0.2, -0.15) is 0 Å². The molecule has 0 unspecified atom stereocenters. The second-order valence-corrected chi connectivity index (χ2v) is 7.72. The first kappa shape index (κ1) is 18.6. The maximum Gasteiger partial charge on any atom is 0.410 e. The van der Waals surface area contributed by atoms with Gasteiger partial charge in [0.25, 0.3) is 0 Å². The van der Waals surface area contributed by atoms with Crippen molar-refractivity contribution in [1.82, 2.24) is 4.90 Å². The summed E-state index contributed by atoms with van der Waals surface area (Å²) in [6, 6.07) is 2.85. The third-order valence-corrected chi connectivity index (χ3v) is 4.26. The first-order chi connectivity index (χ1) is 11.2. The molecular weight excluding hydrogens is 375 g/mol. The van der Waals surface area contributed by atoms with Gasteiger partial charge in [0.2, 0.25) is 0 Å². The van der Waals surface area contributed by atoms with Crippen LogP contribution in [0.4, 0.5) is 14.9 Å². The number of nitrogens with zero attached hydrogens (tertiary/aromatic N) is 1. The van der Waals surface area contributed by atoms with Crippen molar-refractivity contribution in [3.63, 3.8) is 0 Å². The zero-order chi connectivity index (χ0) is 17.9. The van der Waals surface area contributed by atoms with E-state index in [1.807, 2.05) is 20.8 Å². The Balaban J connectivity index is 1.95.